The number of hydrogen-bond donors (Lipinski definition) is 3. The van der Waals surface area contributed by atoms with Gasteiger partial charge in [-0.2, -0.15) is 11.8 Å². The maximum Gasteiger partial charge on any atom is 0.326 e. The third-order valence-corrected chi connectivity index (χ3v) is 2.86. The molecule has 0 radical (unpaired) electrons. The van der Waals surface area contributed by atoms with Gasteiger partial charge in [-0.05, 0) is 24.9 Å². The number of nitrogens with one attached hydrogen (secondary N) is 2. The molecule has 110 valence electrons. The molecule has 0 aromatic heterocycles. The zero-order valence-corrected chi connectivity index (χ0v) is 12.0. The van der Waals surface area contributed by atoms with Gasteiger partial charge in [-0.15, -0.1) is 6.58 Å². The van der Waals surface area contributed by atoms with Gasteiger partial charge < -0.3 is 20.5 Å². The first-order valence-electron chi connectivity index (χ1n) is 6.06. The minimum atomic E-state index is -1.02. The van der Waals surface area contributed by atoms with Crippen LogP contribution in [0.5, 0.6) is 0 Å². The van der Waals surface area contributed by atoms with Crippen LogP contribution in [0.2, 0.25) is 0 Å². The van der Waals surface area contributed by atoms with E-state index in [1.54, 1.807) is 17.8 Å². The summed E-state index contributed by atoms with van der Waals surface area (Å²) in [6.45, 7) is 4.87. The first-order chi connectivity index (χ1) is 9.11. The van der Waals surface area contributed by atoms with Crippen LogP contribution in [-0.2, 0) is 9.53 Å². The fourth-order valence-electron chi connectivity index (χ4n) is 1.21. The summed E-state index contributed by atoms with van der Waals surface area (Å²) in [5, 5.41) is 13.9. The third kappa shape index (κ3) is 10.4. The van der Waals surface area contributed by atoms with Crippen LogP contribution in [0.3, 0.4) is 0 Å². The molecule has 1 unspecified atom stereocenters. The van der Waals surface area contributed by atoms with Gasteiger partial charge in [0.1, 0.15) is 6.04 Å². The summed E-state index contributed by atoms with van der Waals surface area (Å²) in [4.78, 5) is 22.3. The minimum Gasteiger partial charge on any atom is -0.480 e. The molecule has 0 saturated heterocycles. The summed E-state index contributed by atoms with van der Waals surface area (Å²) in [7, 11) is 0. The molecular weight excluding hydrogens is 268 g/mol. The molecular formula is C12H22N2O4S. The molecule has 0 fully saturated rings. The number of carbonyl (C=O) groups is 2. The second-order valence-electron chi connectivity index (χ2n) is 3.76. The van der Waals surface area contributed by atoms with Crippen molar-refractivity contribution < 1.29 is 19.4 Å². The Bertz CT molecular complexity index is 287. The SMILES string of the molecule is C=CCCOCCNC(=O)NC(CCSC)C(=O)O. The van der Waals surface area contributed by atoms with Crippen molar-refractivity contribution in [3.05, 3.63) is 12.7 Å². The average molecular weight is 290 g/mol. The third-order valence-electron chi connectivity index (χ3n) is 2.21. The Morgan fingerprint density at radius 2 is 2.21 bits per heavy atom. The highest BCUT2D eigenvalue weighted by molar-refractivity contribution is 7.98. The molecule has 0 spiro atoms. The molecule has 0 heterocycles. The minimum absolute atomic E-state index is 0.345. The van der Waals surface area contributed by atoms with Crippen molar-refractivity contribution in [3.63, 3.8) is 0 Å². The van der Waals surface area contributed by atoms with E-state index >= 15 is 0 Å². The summed E-state index contributed by atoms with van der Waals surface area (Å²) < 4.78 is 5.21. The highest BCUT2D eigenvalue weighted by Gasteiger charge is 2.18. The zero-order valence-electron chi connectivity index (χ0n) is 11.2. The van der Waals surface area contributed by atoms with Crippen molar-refractivity contribution in [2.45, 2.75) is 18.9 Å². The van der Waals surface area contributed by atoms with Gasteiger partial charge in [0.15, 0.2) is 0 Å². The predicted octanol–water partition coefficient (Wildman–Crippen LogP) is 1.08. The molecule has 0 saturated carbocycles. The monoisotopic (exact) mass is 290 g/mol. The van der Waals surface area contributed by atoms with Gasteiger partial charge in [0.25, 0.3) is 0 Å². The lowest BCUT2D eigenvalue weighted by atomic mass is 10.2. The number of aliphatic carboxylic acids is 1. The lowest BCUT2D eigenvalue weighted by Gasteiger charge is -2.14. The Labute approximate surface area is 118 Å². The Morgan fingerprint density at radius 3 is 2.79 bits per heavy atom. The van der Waals surface area contributed by atoms with E-state index in [2.05, 4.69) is 17.2 Å². The van der Waals surface area contributed by atoms with E-state index in [0.29, 0.717) is 31.9 Å². The van der Waals surface area contributed by atoms with Crippen molar-refractivity contribution in [1.29, 1.82) is 0 Å². The van der Waals surface area contributed by atoms with E-state index < -0.39 is 18.0 Å². The molecule has 1 atom stereocenters. The molecule has 0 aliphatic heterocycles. The fourth-order valence-corrected chi connectivity index (χ4v) is 1.68. The second kappa shape index (κ2) is 11.9. The van der Waals surface area contributed by atoms with Crippen LogP contribution in [0.25, 0.3) is 0 Å². The molecule has 0 aliphatic carbocycles. The molecule has 0 rings (SSSR count). The smallest absolute Gasteiger partial charge is 0.326 e. The van der Waals surface area contributed by atoms with Gasteiger partial charge in [-0.1, -0.05) is 6.08 Å². The van der Waals surface area contributed by atoms with E-state index in [1.165, 1.54) is 0 Å². The predicted molar refractivity (Wildman–Crippen MR) is 76.6 cm³/mol. The van der Waals surface area contributed by atoms with Gasteiger partial charge in [0.05, 0.1) is 13.2 Å². The first-order valence-corrected chi connectivity index (χ1v) is 7.46. The van der Waals surface area contributed by atoms with E-state index in [1.807, 2.05) is 6.26 Å². The number of carboxylic acid groups (broad SMARTS) is 1. The number of hydrogen-bond acceptors (Lipinski definition) is 4. The van der Waals surface area contributed by atoms with Gasteiger partial charge >= 0.3 is 12.0 Å². The number of carbonyl (C=O) groups excluding carboxylic acids is 1. The lowest BCUT2D eigenvalue weighted by Crippen LogP contribution is -2.47. The quantitative estimate of drug-likeness (QED) is 0.391. The van der Waals surface area contributed by atoms with E-state index in [9.17, 15) is 9.59 Å². The number of carboxylic acids is 1. The van der Waals surface area contributed by atoms with Crippen LogP contribution in [0.1, 0.15) is 12.8 Å². The molecule has 0 aromatic carbocycles. The Hall–Kier alpha value is -1.21. The summed E-state index contributed by atoms with van der Waals surface area (Å²) in [5.74, 6) is -0.339. The summed E-state index contributed by atoms with van der Waals surface area (Å²) in [6.07, 6.45) is 4.81. The highest BCUT2D eigenvalue weighted by Crippen LogP contribution is 2.00. The van der Waals surface area contributed by atoms with Gasteiger partial charge in [0.2, 0.25) is 0 Å². The average Bonchev–Trinajstić information content (AvgIpc) is 2.38. The Kier molecular flexibility index (Phi) is 11.1. The Morgan fingerprint density at radius 1 is 1.47 bits per heavy atom. The fraction of sp³-hybridized carbons (Fsp3) is 0.667. The van der Waals surface area contributed by atoms with Gasteiger partial charge in [-0.3, -0.25) is 0 Å². The van der Waals surface area contributed by atoms with Gasteiger partial charge in [0, 0.05) is 6.54 Å². The van der Waals surface area contributed by atoms with E-state index in [0.717, 1.165) is 6.42 Å². The van der Waals surface area contributed by atoms with E-state index in [4.69, 9.17) is 9.84 Å². The molecule has 0 aliphatic rings. The van der Waals surface area contributed by atoms with Crippen LogP contribution in [0.15, 0.2) is 12.7 Å². The largest absolute Gasteiger partial charge is 0.480 e. The van der Waals surface area contributed by atoms with Crippen LogP contribution < -0.4 is 10.6 Å². The zero-order chi connectivity index (χ0) is 14.5. The van der Waals surface area contributed by atoms with Crippen molar-refractivity contribution in [3.8, 4) is 0 Å². The van der Waals surface area contributed by atoms with Crippen LogP contribution in [0.4, 0.5) is 4.79 Å². The molecule has 2 amide bonds. The second-order valence-corrected chi connectivity index (χ2v) is 4.75. The lowest BCUT2D eigenvalue weighted by molar-refractivity contribution is -0.139. The number of urea groups is 1. The standard InChI is InChI=1S/C12H22N2O4S/c1-3-4-7-18-8-6-13-12(17)14-10(11(15)16)5-9-19-2/h3,10H,1,4-9H2,2H3,(H,15,16)(H2,13,14,17). The molecule has 0 bridgehead atoms. The highest BCUT2D eigenvalue weighted by atomic mass is 32.2. The van der Waals surface area contributed by atoms with Crippen molar-refractivity contribution in [1.82, 2.24) is 10.6 Å². The summed E-state index contributed by atoms with van der Waals surface area (Å²) in [5.41, 5.74) is 0. The number of rotatable bonds is 11. The van der Waals surface area contributed by atoms with E-state index in [-0.39, 0.29) is 0 Å². The van der Waals surface area contributed by atoms with Crippen LogP contribution in [0, 0.1) is 0 Å². The maximum absolute atomic E-state index is 11.4. The van der Waals surface area contributed by atoms with Crippen molar-refractivity contribution in [2.75, 3.05) is 31.8 Å². The molecule has 19 heavy (non-hydrogen) atoms. The van der Waals surface area contributed by atoms with Crippen LogP contribution >= 0.6 is 11.8 Å². The Balaban J connectivity index is 3.74. The normalized spacial score (nSPS) is 11.6. The topological polar surface area (TPSA) is 87.7 Å². The van der Waals surface area contributed by atoms with Crippen molar-refractivity contribution >= 4 is 23.8 Å². The first kappa shape index (κ1) is 17.8. The molecule has 3 N–H and O–H groups in total. The summed E-state index contributed by atoms with van der Waals surface area (Å²) in [6, 6.07) is -1.34. The maximum atomic E-state index is 11.4. The molecule has 6 nitrogen and oxygen atoms in total. The molecule has 7 heteroatoms. The molecule has 0 aromatic rings. The van der Waals surface area contributed by atoms with Crippen LogP contribution in [-0.4, -0.2) is 54.9 Å². The van der Waals surface area contributed by atoms with Crippen molar-refractivity contribution in [2.24, 2.45) is 0 Å². The van der Waals surface area contributed by atoms with Gasteiger partial charge in [-0.25, -0.2) is 9.59 Å². The number of thioether (sulfide) groups is 1. The number of ether oxygens (including phenoxy) is 1. The number of amides is 2. The summed E-state index contributed by atoms with van der Waals surface area (Å²) >= 11 is 1.54.